The summed E-state index contributed by atoms with van der Waals surface area (Å²) < 4.78 is 11.7. The number of fused-ring (bicyclic) bond motifs is 3. The molecule has 1 aromatic heterocycles. The molecule has 3 aromatic rings. The van der Waals surface area contributed by atoms with E-state index in [2.05, 4.69) is 13.8 Å². The number of allylic oxidation sites excluding steroid dienone is 2. The largest absolute Gasteiger partial charge is 0.494 e. The highest BCUT2D eigenvalue weighted by atomic mass is 16.5. The molecule has 1 aliphatic carbocycles. The molecule has 1 aliphatic rings. The standard InChI is InChI=1S/C24H22O5/c1-15(2)9-12-28-18-4-5-19-16(13-18)3-6-21-23(19)20(26)14-22(29-21)24(27)10-7-17(25)8-11-24/h3-8,10-11,13-15,27H,9,12H2,1-2H3. The van der Waals surface area contributed by atoms with Gasteiger partial charge in [-0.1, -0.05) is 19.9 Å². The number of ether oxygens (including phenoxy) is 1. The molecule has 0 amide bonds. The van der Waals surface area contributed by atoms with Crippen molar-refractivity contribution in [2.45, 2.75) is 25.9 Å². The fraction of sp³-hybridized carbons (Fsp3) is 0.250. The summed E-state index contributed by atoms with van der Waals surface area (Å²) in [5.74, 6) is 1.17. The van der Waals surface area contributed by atoms with E-state index in [-0.39, 0.29) is 17.0 Å². The van der Waals surface area contributed by atoms with Crippen molar-refractivity contribution in [1.29, 1.82) is 0 Å². The van der Waals surface area contributed by atoms with Crippen molar-refractivity contribution in [2.75, 3.05) is 6.61 Å². The molecular formula is C24H22O5. The zero-order chi connectivity index (χ0) is 20.6. The summed E-state index contributed by atoms with van der Waals surface area (Å²) in [5.41, 5.74) is -1.50. The summed E-state index contributed by atoms with van der Waals surface area (Å²) in [6, 6.07) is 10.5. The van der Waals surface area contributed by atoms with Crippen molar-refractivity contribution in [3.63, 3.8) is 0 Å². The Morgan fingerprint density at radius 3 is 2.55 bits per heavy atom. The lowest BCUT2D eigenvalue weighted by Crippen LogP contribution is -2.24. The highest BCUT2D eigenvalue weighted by molar-refractivity contribution is 6.05. The quantitative estimate of drug-likeness (QED) is 0.659. The predicted octanol–water partition coefficient (Wildman–Crippen LogP) is 4.25. The number of aliphatic hydroxyl groups is 1. The number of rotatable bonds is 5. The van der Waals surface area contributed by atoms with Crippen molar-refractivity contribution in [3.8, 4) is 5.75 Å². The van der Waals surface area contributed by atoms with Crippen molar-refractivity contribution in [3.05, 3.63) is 76.7 Å². The van der Waals surface area contributed by atoms with Gasteiger partial charge in [-0.05, 0) is 71.7 Å². The second-order valence-electron chi connectivity index (χ2n) is 7.72. The van der Waals surface area contributed by atoms with Gasteiger partial charge in [0.15, 0.2) is 16.8 Å². The Balaban J connectivity index is 1.75. The van der Waals surface area contributed by atoms with Gasteiger partial charge in [-0.2, -0.15) is 0 Å². The molecule has 1 N–H and O–H groups in total. The lowest BCUT2D eigenvalue weighted by atomic mass is 9.94. The molecule has 0 unspecified atom stereocenters. The monoisotopic (exact) mass is 390 g/mol. The Morgan fingerprint density at radius 1 is 1.07 bits per heavy atom. The lowest BCUT2D eigenvalue weighted by Gasteiger charge is -2.21. The second kappa shape index (κ2) is 7.33. The number of carbonyl (C=O) groups is 1. The molecule has 4 rings (SSSR count). The first-order valence-corrected chi connectivity index (χ1v) is 9.64. The zero-order valence-corrected chi connectivity index (χ0v) is 16.3. The van der Waals surface area contributed by atoms with Gasteiger partial charge in [-0.3, -0.25) is 9.59 Å². The number of benzene rings is 2. The van der Waals surface area contributed by atoms with E-state index in [1.807, 2.05) is 24.3 Å². The topological polar surface area (TPSA) is 76.7 Å². The average Bonchev–Trinajstić information content (AvgIpc) is 2.69. The highest BCUT2D eigenvalue weighted by Crippen LogP contribution is 2.31. The first-order chi connectivity index (χ1) is 13.9. The van der Waals surface area contributed by atoms with Crippen LogP contribution in [-0.2, 0) is 10.4 Å². The van der Waals surface area contributed by atoms with Crippen molar-refractivity contribution in [2.24, 2.45) is 5.92 Å². The van der Waals surface area contributed by atoms with E-state index in [4.69, 9.17) is 9.15 Å². The van der Waals surface area contributed by atoms with E-state index in [0.717, 1.165) is 22.9 Å². The van der Waals surface area contributed by atoms with Crippen molar-refractivity contribution < 1.29 is 19.1 Å². The minimum absolute atomic E-state index is 0.0722. The number of hydrogen-bond acceptors (Lipinski definition) is 5. The summed E-state index contributed by atoms with van der Waals surface area (Å²) >= 11 is 0. The van der Waals surface area contributed by atoms with Gasteiger partial charge in [-0.15, -0.1) is 0 Å². The zero-order valence-electron chi connectivity index (χ0n) is 16.3. The summed E-state index contributed by atoms with van der Waals surface area (Å²) in [7, 11) is 0. The van der Waals surface area contributed by atoms with Crippen LogP contribution in [0.3, 0.4) is 0 Å². The Kier molecular flexibility index (Phi) is 4.84. The van der Waals surface area contributed by atoms with E-state index in [9.17, 15) is 14.7 Å². The summed E-state index contributed by atoms with van der Waals surface area (Å²) in [4.78, 5) is 24.2. The van der Waals surface area contributed by atoms with Crippen molar-refractivity contribution in [1.82, 2.24) is 0 Å². The van der Waals surface area contributed by atoms with Crippen LogP contribution in [0.2, 0.25) is 0 Å². The van der Waals surface area contributed by atoms with E-state index >= 15 is 0 Å². The molecule has 0 aliphatic heterocycles. The molecule has 5 nitrogen and oxygen atoms in total. The van der Waals surface area contributed by atoms with Crippen LogP contribution in [0.25, 0.3) is 21.7 Å². The molecule has 148 valence electrons. The van der Waals surface area contributed by atoms with Crippen molar-refractivity contribution >= 4 is 27.5 Å². The lowest BCUT2D eigenvalue weighted by molar-refractivity contribution is -0.110. The Bertz CT molecular complexity index is 1200. The van der Waals surface area contributed by atoms with Gasteiger partial charge in [0.1, 0.15) is 17.1 Å². The number of carbonyl (C=O) groups excluding carboxylic acids is 1. The number of hydrogen-bond donors (Lipinski definition) is 1. The van der Waals surface area contributed by atoms with Gasteiger partial charge < -0.3 is 14.3 Å². The van der Waals surface area contributed by atoms with E-state index in [1.165, 1.54) is 30.4 Å². The molecule has 2 aromatic carbocycles. The van der Waals surface area contributed by atoms with Crippen LogP contribution in [0, 0.1) is 5.92 Å². The van der Waals surface area contributed by atoms with Gasteiger partial charge in [0.25, 0.3) is 0 Å². The molecule has 5 heteroatoms. The van der Waals surface area contributed by atoms with Crippen LogP contribution >= 0.6 is 0 Å². The molecule has 0 radical (unpaired) electrons. The average molecular weight is 390 g/mol. The summed E-state index contributed by atoms with van der Waals surface area (Å²) in [5, 5.41) is 12.8. The molecule has 0 bridgehead atoms. The molecule has 0 atom stereocenters. The molecule has 1 heterocycles. The van der Waals surface area contributed by atoms with Crippen LogP contribution in [0.4, 0.5) is 0 Å². The fourth-order valence-electron chi connectivity index (χ4n) is 3.36. The molecule has 0 saturated heterocycles. The molecule has 0 spiro atoms. The molecular weight excluding hydrogens is 368 g/mol. The van der Waals surface area contributed by atoms with E-state index < -0.39 is 5.60 Å². The Hall–Kier alpha value is -3.18. The van der Waals surface area contributed by atoms with Crippen LogP contribution in [0.1, 0.15) is 26.0 Å². The maximum absolute atomic E-state index is 12.9. The van der Waals surface area contributed by atoms with Gasteiger partial charge >= 0.3 is 0 Å². The minimum Gasteiger partial charge on any atom is -0.494 e. The molecule has 29 heavy (non-hydrogen) atoms. The van der Waals surface area contributed by atoms with Crippen LogP contribution < -0.4 is 10.2 Å². The first-order valence-electron chi connectivity index (χ1n) is 9.64. The summed E-state index contributed by atoms with van der Waals surface area (Å²) in [6.45, 7) is 4.94. The second-order valence-corrected chi connectivity index (χ2v) is 7.72. The first kappa shape index (κ1) is 19.2. The Labute approximate surface area is 167 Å². The molecule has 0 fully saturated rings. The van der Waals surface area contributed by atoms with Gasteiger partial charge in [0, 0.05) is 6.07 Å². The number of ketones is 1. The third-order valence-corrected chi connectivity index (χ3v) is 5.04. The predicted molar refractivity (Wildman–Crippen MR) is 112 cm³/mol. The molecule has 0 saturated carbocycles. The van der Waals surface area contributed by atoms with E-state index in [0.29, 0.717) is 23.5 Å². The fourth-order valence-corrected chi connectivity index (χ4v) is 3.36. The van der Waals surface area contributed by atoms with Crippen LogP contribution in [-0.4, -0.2) is 17.5 Å². The maximum Gasteiger partial charge on any atom is 0.193 e. The Morgan fingerprint density at radius 2 is 1.83 bits per heavy atom. The normalized spacial score (nSPS) is 15.5. The van der Waals surface area contributed by atoms with Gasteiger partial charge in [0.05, 0.1) is 12.0 Å². The smallest absolute Gasteiger partial charge is 0.193 e. The van der Waals surface area contributed by atoms with Crippen LogP contribution in [0.15, 0.2) is 69.9 Å². The highest BCUT2D eigenvalue weighted by Gasteiger charge is 2.29. The minimum atomic E-state index is -1.62. The van der Waals surface area contributed by atoms with Crippen LogP contribution in [0.5, 0.6) is 5.75 Å². The third kappa shape index (κ3) is 3.74. The SMILES string of the molecule is CC(C)CCOc1ccc2c(ccc3oc(C4(O)C=CC(=O)C=C4)cc(=O)c32)c1. The van der Waals surface area contributed by atoms with E-state index in [1.54, 1.807) is 6.07 Å². The van der Waals surface area contributed by atoms with Gasteiger partial charge in [0.2, 0.25) is 0 Å². The summed E-state index contributed by atoms with van der Waals surface area (Å²) in [6.07, 6.45) is 6.12. The van der Waals surface area contributed by atoms with Gasteiger partial charge in [-0.25, -0.2) is 0 Å². The maximum atomic E-state index is 12.9. The third-order valence-electron chi connectivity index (χ3n) is 5.04.